The smallest absolute Gasteiger partial charge is 0.236 e. The molecule has 0 aliphatic carbocycles. The summed E-state index contributed by atoms with van der Waals surface area (Å²) in [6.45, 7) is 3.67. The molecule has 2 aliphatic rings. The van der Waals surface area contributed by atoms with E-state index in [1.807, 2.05) is 4.90 Å². The summed E-state index contributed by atoms with van der Waals surface area (Å²) < 4.78 is 5.41. The number of hydrogen-bond acceptors (Lipinski definition) is 4. The van der Waals surface area contributed by atoms with E-state index in [1.165, 1.54) is 10.4 Å². The minimum Gasteiger partial charge on any atom is -0.380 e. The van der Waals surface area contributed by atoms with Gasteiger partial charge in [-0.2, -0.15) is 0 Å². The van der Waals surface area contributed by atoms with Gasteiger partial charge in [0.15, 0.2) is 0 Å². The standard InChI is InChI=1S/C14H20N2O2S/c17-14(8-15-12-2-1-6-18-10-12)16-5-3-13-11(9-16)4-7-19-13/h4,7,12,15H,1-3,5-6,8-10H2. The molecule has 1 N–H and O–H groups in total. The maximum atomic E-state index is 12.2. The number of hydrogen-bond donors (Lipinski definition) is 1. The van der Waals surface area contributed by atoms with Gasteiger partial charge in [-0.15, -0.1) is 11.3 Å². The summed E-state index contributed by atoms with van der Waals surface area (Å²) in [5, 5.41) is 5.44. The number of nitrogens with zero attached hydrogens (tertiary/aromatic N) is 1. The molecule has 1 fully saturated rings. The Morgan fingerprint density at radius 1 is 1.58 bits per heavy atom. The third-order valence-corrected chi connectivity index (χ3v) is 4.89. The van der Waals surface area contributed by atoms with Gasteiger partial charge in [0.1, 0.15) is 0 Å². The Morgan fingerprint density at radius 3 is 3.37 bits per heavy atom. The number of thiophene rings is 1. The van der Waals surface area contributed by atoms with Crippen molar-refractivity contribution in [1.82, 2.24) is 10.2 Å². The Bertz CT molecular complexity index is 440. The molecule has 0 aromatic carbocycles. The van der Waals surface area contributed by atoms with Crippen LogP contribution in [-0.2, 0) is 22.5 Å². The Kier molecular flexibility index (Phi) is 4.15. The van der Waals surface area contributed by atoms with Gasteiger partial charge in [0.05, 0.1) is 13.2 Å². The van der Waals surface area contributed by atoms with E-state index in [-0.39, 0.29) is 5.91 Å². The molecule has 2 aliphatic heterocycles. The molecule has 1 unspecified atom stereocenters. The Balaban J connectivity index is 1.48. The van der Waals surface area contributed by atoms with E-state index in [2.05, 4.69) is 16.8 Å². The van der Waals surface area contributed by atoms with E-state index in [9.17, 15) is 4.79 Å². The van der Waals surface area contributed by atoms with Crippen LogP contribution in [-0.4, -0.2) is 43.2 Å². The summed E-state index contributed by atoms with van der Waals surface area (Å²) in [6.07, 6.45) is 3.21. The molecule has 5 heteroatoms. The number of carbonyl (C=O) groups excluding carboxylic acids is 1. The first-order valence-corrected chi connectivity index (χ1v) is 7.85. The Morgan fingerprint density at radius 2 is 2.53 bits per heavy atom. The number of carbonyl (C=O) groups is 1. The monoisotopic (exact) mass is 280 g/mol. The number of amides is 1. The lowest BCUT2D eigenvalue weighted by Gasteiger charge is -2.29. The zero-order valence-corrected chi connectivity index (χ0v) is 11.9. The number of ether oxygens (including phenoxy) is 1. The summed E-state index contributed by atoms with van der Waals surface area (Å²) in [4.78, 5) is 15.6. The van der Waals surface area contributed by atoms with Crippen LogP contribution in [0.1, 0.15) is 23.3 Å². The molecule has 3 heterocycles. The zero-order valence-electron chi connectivity index (χ0n) is 11.1. The number of nitrogens with one attached hydrogen (secondary N) is 1. The summed E-state index contributed by atoms with van der Waals surface area (Å²) in [5.74, 6) is 0.211. The quantitative estimate of drug-likeness (QED) is 0.910. The van der Waals surface area contributed by atoms with Gasteiger partial charge >= 0.3 is 0 Å². The summed E-state index contributed by atoms with van der Waals surface area (Å²) >= 11 is 1.81. The van der Waals surface area contributed by atoms with Crippen LogP contribution in [0.2, 0.25) is 0 Å². The van der Waals surface area contributed by atoms with E-state index in [1.54, 1.807) is 11.3 Å². The van der Waals surface area contributed by atoms with Crippen molar-refractivity contribution in [2.45, 2.75) is 31.8 Å². The second-order valence-electron chi connectivity index (χ2n) is 5.23. The molecule has 1 aromatic heterocycles. The fourth-order valence-corrected chi connectivity index (χ4v) is 3.60. The van der Waals surface area contributed by atoms with E-state index >= 15 is 0 Å². The van der Waals surface area contributed by atoms with Crippen molar-refractivity contribution in [2.24, 2.45) is 0 Å². The van der Waals surface area contributed by atoms with E-state index in [0.29, 0.717) is 12.6 Å². The Labute approximate surface area is 117 Å². The molecule has 1 aromatic rings. The predicted octanol–water partition coefficient (Wildman–Crippen LogP) is 1.40. The highest BCUT2D eigenvalue weighted by Gasteiger charge is 2.22. The molecule has 0 radical (unpaired) electrons. The topological polar surface area (TPSA) is 41.6 Å². The van der Waals surface area contributed by atoms with Crippen LogP contribution in [0.4, 0.5) is 0 Å². The van der Waals surface area contributed by atoms with Gasteiger partial charge in [-0.1, -0.05) is 0 Å². The largest absolute Gasteiger partial charge is 0.380 e. The van der Waals surface area contributed by atoms with Gasteiger partial charge < -0.3 is 15.0 Å². The number of rotatable bonds is 3. The van der Waals surface area contributed by atoms with Crippen LogP contribution in [0.3, 0.4) is 0 Å². The van der Waals surface area contributed by atoms with Gasteiger partial charge in [-0.3, -0.25) is 4.79 Å². The zero-order chi connectivity index (χ0) is 13.1. The van der Waals surface area contributed by atoms with Crippen molar-refractivity contribution in [3.8, 4) is 0 Å². The van der Waals surface area contributed by atoms with E-state index in [4.69, 9.17) is 4.74 Å². The summed E-state index contributed by atoms with van der Waals surface area (Å²) in [5.41, 5.74) is 1.32. The second-order valence-corrected chi connectivity index (χ2v) is 6.23. The lowest BCUT2D eigenvalue weighted by atomic mass is 10.1. The second kappa shape index (κ2) is 6.03. The van der Waals surface area contributed by atoms with Crippen LogP contribution in [0.5, 0.6) is 0 Å². The van der Waals surface area contributed by atoms with Crippen molar-refractivity contribution in [3.63, 3.8) is 0 Å². The van der Waals surface area contributed by atoms with E-state index < -0.39 is 0 Å². The third-order valence-electron chi connectivity index (χ3n) is 3.86. The fourth-order valence-electron chi connectivity index (χ4n) is 2.71. The Hall–Kier alpha value is -0.910. The molecule has 0 spiro atoms. The molecule has 1 atom stereocenters. The van der Waals surface area contributed by atoms with Crippen LogP contribution in [0.25, 0.3) is 0 Å². The molecule has 19 heavy (non-hydrogen) atoms. The third kappa shape index (κ3) is 3.16. The van der Waals surface area contributed by atoms with Crippen molar-refractivity contribution >= 4 is 17.2 Å². The first-order valence-electron chi connectivity index (χ1n) is 6.97. The van der Waals surface area contributed by atoms with Gasteiger partial charge in [-0.05, 0) is 36.3 Å². The summed E-state index contributed by atoms with van der Waals surface area (Å²) in [7, 11) is 0. The van der Waals surface area contributed by atoms with E-state index in [0.717, 1.165) is 45.6 Å². The molecule has 0 saturated carbocycles. The highest BCUT2D eigenvalue weighted by atomic mass is 32.1. The van der Waals surface area contributed by atoms with Crippen molar-refractivity contribution < 1.29 is 9.53 Å². The van der Waals surface area contributed by atoms with Crippen LogP contribution >= 0.6 is 11.3 Å². The number of fused-ring (bicyclic) bond motifs is 1. The molecular formula is C14H20N2O2S. The molecule has 3 rings (SSSR count). The highest BCUT2D eigenvalue weighted by Crippen LogP contribution is 2.23. The molecule has 0 bridgehead atoms. The SMILES string of the molecule is O=C(CNC1CCCOC1)N1CCc2sccc2C1. The summed E-state index contributed by atoms with van der Waals surface area (Å²) in [6, 6.07) is 2.49. The first kappa shape index (κ1) is 13.1. The van der Waals surface area contributed by atoms with Gasteiger partial charge in [0.2, 0.25) is 5.91 Å². The minimum atomic E-state index is 0.211. The van der Waals surface area contributed by atoms with Crippen molar-refractivity contribution in [1.29, 1.82) is 0 Å². The van der Waals surface area contributed by atoms with Crippen LogP contribution < -0.4 is 5.32 Å². The van der Waals surface area contributed by atoms with Crippen molar-refractivity contribution in [2.75, 3.05) is 26.3 Å². The van der Waals surface area contributed by atoms with Gasteiger partial charge in [-0.25, -0.2) is 0 Å². The molecule has 1 saturated heterocycles. The minimum absolute atomic E-state index is 0.211. The van der Waals surface area contributed by atoms with Gasteiger partial charge in [0.25, 0.3) is 0 Å². The van der Waals surface area contributed by atoms with Crippen LogP contribution in [0.15, 0.2) is 11.4 Å². The molecule has 104 valence electrons. The fraction of sp³-hybridized carbons (Fsp3) is 0.643. The van der Waals surface area contributed by atoms with Gasteiger partial charge in [0, 0.05) is 30.6 Å². The lowest BCUT2D eigenvalue weighted by molar-refractivity contribution is -0.131. The first-order chi connectivity index (χ1) is 9.33. The molecule has 4 nitrogen and oxygen atoms in total. The van der Waals surface area contributed by atoms with Crippen molar-refractivity contribution in [3.05, 3.63) is 21.9 Å². The van der Waals surface area contributed by atoms with Crippen LogP contribution in [0, 0.1) is 0 Å². The normalized spacial score (nSPS) is 23.2. The highest BCUT2D eigenvalue weighted by molar-refractivity contribution is 7.10. The maximum absolute atomic E-state index is 12.2. The molecular weight excluding hydrogens is 260 g/mol. The average molecular weight is 280 g/mol. The maximum Gasteiger partial charge on any atom is 0.236 e. The average Bonchev–Trinajstić information content (AvgIpc) is 2.93. The molecule has 1 amide bonds. The predicted molar refractivity (Wildman–Crippen MR) is 75.3 cm³/mol. The lowest BCUT2D eigenvalue weighted by Crippen LogP contribution is -2.45.